The van der Waals surface area contributed by atoms with Crippen LogP contribution in [0.3, 0.4) is 0 Å². The van der Waals surface area contributed by atoms with Gasteiger partial charge in [-0.3, -0.25) is 4.79 Å². The number of amides is 1. The molecule has 1 amide bonds. The number of halogens is 1. The van der Waals surface area contributed by atoms with Crippen molar-refractivity contribution < 1.29 is 14.3 Å². The molecule has 0 aromatic heterocycles. The van der Waals surface area contributed by atoms with Gasteiger partial charge in [-0.1, -0.05) is 0 Å². The van der Waals surface area contributed by atoms with Crippen LogP contribution in [0.2, 0.25) is 0 Å². The zero-order valence-electron chi connectivity index (χ0n) is 10.9. The second-order valence-corrected chi connectivity index (χ2v) is 5.40. The number of aliphatic hydroxyl groups excluding tert-OH is 1. The number of likely N-dealkylation sites (tertiary alicyclic amines) is 1. The van der Waals surface area contributed by atoms with E-state index in [1.54, 1.807) is 0 Å². The van der Waals surface area contributed by atoms with Crippen molar-refractivity contribution in [2.45, 2.75) is 43.9 Å². The lowest BCUT2D eigenvalue weighted by atomic mass is 9.99. The van der Waals surface area contributed by atoms with Crippen molar-refractivity contribution in [3.8, 4) is 6.07 Å². The van der Waals surface area contributed by atoms with Gasteiger partial charge in [-0.2, -0.15) is 5.26 Å². The Morgan fingerprint density at radius 3 is 3.00 bits per heavy atom. The van der Waals surface area contributed by atoms with Crippen LogP contribution < -0.4 is 5.32 Å². The molecule has 0 aliphatic carbocycles. The summed E-state index contributed by atoms with van der Waals surface area (Å²) in [5, 5.41) is 20.9. The Kier molecular flexibility index (Phi) is 4.72. The van der Waals surface area contributed by atoms with E-state index in [4.69, 9.17) is 10.4 Å². The molecule has 2 fully saturated rings. The molecule has 106 valence electrons. The van der Waals surface area contributed by atoms with Gasteiger partial charge >= 0.3 is 0 Å². The van der Waals surface area contributed by atoms with E-state index in [-0.39, 0.29) is 31.5 Å². The number of hydrogen-bond donors (Lipinski definition) is 2. The highest BCUT2D eigenvalue weighted by atomic mass is 19.1. The Hall–Kier alpha value is -1.19. The maximum atomic E-state index is 13.3. The molecule has 0 radical (unpaired) electrons. The molecule has 2 N–H and O–H groups in total. The second kappa shape index (κ2) is 6.31. The van der Waals surface area contributed by atoms with Crippen LogP contribution in [0.25, 0.3) is 0 Å². The minimum absolute atomic E-state index is 0.0382. The summed E-state index contributed by atoms with van der Waals surface area (Å²) in [6.45, 7) is 0.957. The van der Waals surface area contributed by atoms with Gasteiger partial charge in [0, 0.05) is 13.0 Å². The van der Waals surface area contributed by atoms with E-state index < -0.39 is 12.2 Å². The number of aliphatic hydroxyl groups is 1. The number of alkyl halides is 1. The SMILES string of the molecule is N#C[C@@H]1C[C@H](F)CN1C(=O)[C@@H]1C[C@H](CCCO)CN1. The van der Waals surface area contributed by atoms with Crippen molar-refractivity contribution in [1.29, 1.82) is 5.26 Å². The molecule has 2 aliphatic heterocycles. The molecule has 5 nitrogen and oxygen atoms in total. The van der Waals surface area contributed by atoms with Gasteiger partial charge in [-0.05, 0) is 31.7 Å². The largest absolute Gasteiger partial charge is 0.396 e. The third-order valence-corrected chi connectivity index (χ3v) is 3.97. The van der Waals surface area contributed by atoms with Crippen molar-refractivity contribution >= 4 is 5.91 Å². The smallest absolute Gasteiger partial charge is 0.240 e. The average molecular weight is 269 g/mol. The van der Waals surface area contributed by atoms with Gasteiger partial charge in [0.25, 0.3) is 0 Å². The summed E-state index contributed by atoms with van der Waals surface area (Å²) in [6, 6.07) is 1.07. The van der Waals surface area contributed by atoms with Gasteiger partial charge in [0.05, 0.1) is 18.7 Å². The predicted octanol–water partition coefficient (Wildman–Crippen LogP) is 0.200. The molecular weight excluding hydrogens is 249 g/mol. The molecule has 0 unspecified atom stereocenters. The monoisotopic (exact) mass is 269 g/mol. The fraction of sp³-hybridized carbons (Fsp3) is 0.846. The molecule has 6 heteroatoms. The number of nitriles is 1. The molecule has 2 saturated heterocycles. The Labute approximate surface area is 112 Å². The summed E-state index contributed by atoms with van der Waals surface area (Å²) in [5.41, 5.74) is 0. The molecular formula is C13H20FN3O2. The summed E-state index contributed by atoms with van der Waals surface area (Å²) in [5.74, 6) is 0.226. The zero-order valence-corrected chi connectivity index (χ0v) is 10.9. The molecule has 0 bridgehead atoms. The van der Waals surface area contributed by atoms with E-state index in [1.807, 2.05) is 6.07 Å². The number of hydrogen-bond acceptors (Lipinski definition) is 4. The summed E-state index contributed by atoms with van der Waals surface area (Å²) < 4.78 is 13.3. The van der Waals surface area contributed by atoms with Crippen LogP contribution in [0.1, 0.15) is 25.7 Å². The molecule has 0 saturated carbocycles. The number of carbonyl (C=O) groups excluding carboxylic acids is 1. The van der Waals surface area contributed by atoms with Gasteiger partial charge < -0.3 is 15.3 Å². The maximum absolute atomic E-state index is 13.3. The molecule has 0 aromatic rings. The molecule has 2 aliphatic rings. The topological polar surface area (TPSA) is 76.4 Å². The number of nitrogens with one attached hydrogen (secondary N) is 1. The van der Waals surface area contributed by atoms with Gasteiger partial charge in [0.15, 0.2) is 0 Å². The minimum Gasteiger partial charge on any atom is -0.396 e. The van der Waals surface area contributed by atoms with Gasteiger partial charge in [0.2, 0.25) is 5.91 Å². The summed E-state index contributed by atoms with van der Waals surface area (Å²) >= 11 is 0. The predicted molar refractivity (Wildman–Crippen MR) is 66.8 cm³/mol. The van der Waals surface area contributed by atoms with Crippen LogP contribution >= 0.6 is 0 Å². The Balaban J connectivity index is 1.89. The lowest BCUT2D eigenvalue weighted by Crippen LogP contribution is -2.45. The van der Waals surface area contributed by atoms with Crippen molar-refractivity contribution in [1.82, 2.24) is 10.2 Å². The third kappa shape index (κ3) is 3.23. The lowest BCUT2D eigenvalue weighted by Gasteiger charge is -2.23. The number of carbonyl (C=O) groups is 1. The molecule has 4 atom stereocenters. The number of nitrogens with zero attached hydrogens (tertiary/aromatic N) is 2. The molecule has 2 heterocycles. The van der Waals surface area contributed by atoms with Crippen molar-refractivity contribution in [2.75, 3.05) is 19.7 Å². The Morgan fingerprint density at radius 2 is 2.32 bits per heavy atom. The Morgan fingerprint density at radius 1 is 1.53 bits per heavy atom. The van der Waals surface area contributed by atoms with E-state index in [9.17, 15) is 9.18 Å². The van der Waals surface area contributed by atoms with Crippen molar-refractivity contribution in [3.63, 3.8) is 0 Å². The molecule has 0 aromatic carbocycles. The molecule has 19 heavy (non-hydrogen) atoms. The van der Waals surface area contributed by atoms with Crippen LogP contribution in [0, 0.1) is 17.2 Å². The maximum Gasteiger partial charge on any atom is 0.240 e. The molecule has 2 rings (SSSR count). The average Bonchev–Trinajstić information content (AvgIpc) is 3.01. The standard InChI is InChI=1S/C13H20FN3O2/c14-10-5-11(6-15)17(8-10)13(19)12-4-9(7-16-12)2-1-3-18/h9-12,16,18H,1-5,7-8H2/t9-,10-,11-,12-/m0/s1. The quantitative estimate of drug-likeness (QED) is 0.764. The normalized spacial score (nSPS) is 34.5. The highest BCUT2D eigenvalue weighted by Gasteiger charge is 2.40. The van der Waals surface area contributed by atoms with Gasteiger partial charge in [-0.15, -0.1) is 0 Å². The van der Waals surface area contributed by atoms with Crippen LogP contribution in [-0.4, -0.2) is 53.9 Å². The minimum atomic E-state index is -1.08. The number of rotatable bonds is 4. The van der Waals surface area contributed by atoms with Gasteiger partial charge in [0.1, 0.15) is 12.2 Å². The van der Waals surface area contributed by atoms with E-state index in [0.717, 1.165) is 19.4 Å². The summed E-state index contributed by atoms with van der Waals surface area (Å²) in [7, 11) is 0. The highest BCUT2D eigenvalue weighted by molar-refractivity contribution is 5.83. The fourth-order valence-electron chi connectivity index (χ4n) is 2.95. The van der Waals surface area contributed by atoms with Crippen LogP contribution in [0.4, 0.5) is 4.39 Å². The van der Waals surface area contributed by atoms with E-state index in [0.29, 0.717) is 12.3 Å². The second-order valence-electron chi connectivity index (χ2n) is 5.40. The first kappa shape index (κ1) is 14.2. The van der Waals surface area contributed by atoms with E-state index >= 15 is 0 Å². The van der Waals surface area contributed by atoms with Crippen molar-refractivity contribution in [2.24, 2.45) is 5.92 Å². The van der Waals surface area contributed by atoms with Crippen LogP contribution in [0.15, 0.2) is 0 Å². The first-order valence-corrected chi connectivity index (χ1v) is 6.84. The summed E-state index contributed by atoms with van der Waals surface area (Å²) in [4.78, 5) is 13.6. The fourth-order valence-corrected chi connectivity index (χ4v) is 2.95. The lowest BCUT2D eigenvalue weighted by molar-refractivity contribution is -0.133. The third-order valence-electron chi connectivity index (χ3n) is 3.97. The van der Waals surface area contributed by atoms with Crippen LogP contribution in [-0.2, 0) is 4.79 Å². The summed E-state index contributed by atoms with van der Waals surface area (Å²) in [6.07, 6.45) is 1.39. The molecule has 0 spiro atoms. The first-order chi connectivity index (χ1) is 9.15. The van der Waals surface area contributed by atoms with Gasteiger partial charge in [-0.25, -0.2) is 4.39 Å². The van der Waals surface area contributed by atoms with E-state index in [2.05, 4.69) is 5.32 Å². The Bertz CT molecular complexity index is 371. The highest BCUT2D eigenvalue weighted by Crippen LogP contribution is 2.25. The van der Waals surface area contributed by atoms with Crippen molar-refractivity contribution in [3.05, 3.63) is 0 Å². The zero-order chi connectivity index (χ0) is 13.8. The first-order valence-electron chi connectivity index (χ1n) is 6.84. The van der Waals surface area contributed by atoms with Crippen LogP contribution in [0.5, 0.6) is 0 Å². The van der Waals surface area contributed by atoms with E-state index in [1.165, 1.54) is 4.90 Å².